The summed E-state index contributed by atoms with van der Waals surface area (Å²) in [4.78, 5) is 156. The molecule has 0 aromatic carbocycles. The molecule has 75 heavy (non-hydrogen) atoms. The first kappa shape index (κ1) is 68.5. The summed E-state index contributed by atoms with van der Waals surface area (Å²) in [5.41, 5.74) is 17.0. The molecule has 0 aliphatic heterocycles. The molecule has 0 bridgehead atoms. The highest BCUT2D eigenvalue weighted by Crippen LogP contribution is 2.13. The number of carboxylic acids is 3. The van der Waals surface area contributed by atoms with Gasteiger partial charge in [-0.3, -0.25) is 57.5 Å². The van der Waals surface area contributed by atoms with Gasteiger partial charge in [0.05, 0.1) is 18.6 Å². The third kappa shape index (κ3) is 27.0. The van der Waals surface area contributed by atoms with E-state index < -0.39 is 169 Å². The summed E-state index contributed by atoms with van der Waals surface area (Å²) in [7, 11) is 0. The Kier molecular flexibility index (Phi) is 32.5. The van der Waals surface area contributed by atoms with Crippen molar-refractivity contribution in [2.75, 3.05) is 19.6 Å². The Morgan fingerprint density at radius 3 is 1.43 bits per heavy atom. The van der Waals surface area contributed by atoms with E-state index in [-0.39, 0.29) is 38.1 Å². The Bertz CT molecular complexity index is 1940. The molecular formula is C47H84N12O16. The molecule has 0 unspecified atom stereocenters. The highest BCUT2D eigenvalue weighted by Gasteiger charge is 2.38. The summed E-state index contributed by atoms with van der Waals surface area (Å²) >= 11 is 0. The Morgan fingerprint density at radius 2 is 0.933 bits per heavy atom. The van der Waals surface area contributed by atoms with Crippen LogP contribution in [0.4, 0.5) is 0 Å². The van der Waals surface area contributed by atoms with Gasteiger partial charge in [0.2, 0.25) is 53.2 Å². The predicted octanol–water partition coefficient (Wildman–Crippen LogP) is -3.86. The number of rotatable bonds is 38. The van der Waals surface area contributed by atoms with Gasteiger partial charge in [-0.1, -0.05) is 54.4 Å². The van der Waals surface area contributed by atoms with E-state index in [1.165, 1.54) is 13.8 Å². The molecule has 0 aromatic heterocycles. The molecule has 0 fully saturated rings. The van der Waals surface area contributed by atoms with Crippen LogP contribution in [0.15, 0.2) is 0 Å². The van der Waals surface area contributed by atoms with E-state index in [9.17, 15) is 72.9 Å². The van der Waals surface area contributed by atoms with E-state index >= 15 is 0 Å². The number of carboxylic acid groups (broad SMARTS) is 3. The molecule has 28 heteroatoms. The largest absolute Gasteiger partial charge is 0.481 e. The molecule has 0 spiro atoms. The maximum atomic E-state index is 14.0. The van der Waals surface area contributed by atoms with Gasteiger partial charge in [-0.25, -0.2) is 0 Å². The molecule has 0 saturated heterocycles. The van der Waals surface area contributed by atoms with Crippen molar-refractivity contribution in [3.8, 4) is 0 Å². The zero-order chi connectivity index (χ0) is 57.7. The van der Waals surface area contributed by atoms with Gasteiger partial charge in [0.1, 0.15) is 54.9 Å². The lowest BCUT2D eigenvalue weighted by molar-refractivity contribution is -0.142. The molecule has 0 aliphatic rings. The molecule has 0 radical (unpaired) electrons. The average molecular weight is 1070 g/mol. The summed E-state index contributed by atoms with van der Waals surface area (Å²) in [5, 5.41) is 60.5. The number of amides is 9. The summed E-state index contributed by atoms with van der Waals surface area (Å²) in [6.07, 6.45) is -1.60. The minimum atomic E-state index is -1.97. The molecule has 0 rings (SSSR count). The number of nitrogens with one attached hydrogen (secondary N) is 9. The molecule has 11 atom stereocenters. The number of hydrogen-bond acceptors (Lipinski definition) is 16. The van der Waals surface area contributed by atoms with E-state index in [0.717, 1.165) is 6.92 Å². The summed E-state index contributed by atoms with van der Waals surface area (Å²) in [6, 6.07) is -13.0. The normalized spacial score (nSPS) is 15.6. The van der Waals surface area contributed by atoms with Crippen LogP contribution in [0.1, 0.15) is 126 Å². The van der Waals surface area contributed by atoms with Crippen molar-refractivity contribution in [1.82, 2.24) is 47.9 Å². The molecule has 428 valence electrons. The van der Waals surface area contributed by atoms with Gasteiger partial charge in [-0.05, 0) is 89.6 Å². The first-order chi connectivity index (χ1) is 35.0. The topological polar surface area (TPSA) is 472 Å². The van der Waals surface area contributed by atoms with Crippen molar-refractivity contribution in [2.45, 2.75) is 186 Å². The minimum absolute atomic E-state index is 0.000240. The van der Waals surface area contributed by atoms with Gasteiger partial charge in [-0.15, -0.1) is 0 Å². The van der Waals surface area contributed by atoms with E-state index in [4.69, 9.17) is 22.3 Å². The van der Waals surface area contributed by atoms with Crippen molar-refractivity contribution in [3.63, 3.8) is 0 Å². The third-order valence-electron chi connectivity index (χ3n) is 11.8. The second kappa shape index (κ2) is 35.6. The van der Waals surface area contributed by atoms with Crippen LogP contribution in [0, 0.1) is 17.8 Å². The molecular weight excluding hydrogens is 989 g/mol. The number of aliphatic carboxylic acids is 3. The number of unbranched alkanes of at least 4 members (excludes halogenated alkanes) is 2. The Morgan fingerprint density at radius 1 is 0.467 bits per heavy atom. The molecule has 28 nitrogen and oxygen atoms in total. The molecule has 0 aliphatic carbocycles. The van der Waals surface area contributed by atoms with Crippen LogP contribution >= 0.6 is 0 Å². The molecule has 0 saturated carbocycles. The van der Waals surface area contributed by atoms with Crippen LogP contribution in [-0.4, -0.2) is 172 Å². The van der Waals surface area contributed by atoms with Crippen LogP contribution in [-0.2, 0) is 57.5 Å². The fraction of sp³-hybridized carbons (Fsp3) is 0.745. The average Bonchev–Trinajstić information content (AvgIpc) is 3.32. The minimum Gasteiger partial charge on any atom is -0.481 e. The smallest absolute Gasteiger partial charge is 0.322 e. The van der Waals surface area contributed by atoms with Crippen molar-refractivity contribution in [3.05, 3.63) is 0 Å². The van der Waals surface area contributed by atoms with Crippen LogP contribution in [0.3, 0.4) is 0 Å². The quantitative estimate of drug-likeness (QED) is 0.0263. The first-order valence-electron chi connectivity index (χ1n) is 25.2. The highest BCUT2D eigenvalue weighted by molar-refractivity contribution is 5.99. The summed E-state index contributed by atoms with van der Waals surface area (Å²) in [6.45, 7) is 12.3. The summed E-state index contributed by atoms with van der Waals surface area (Å²) in [5.74, 6) is -14.5. The van der Waals surface area contributed by atoms with Crippen LogP contribution in [0.5, 0.6) is 0 Å². The summed E-state index contributed by atoms with van der Waals surface area (Å²) < 4.78 is 0. The number of aliphatic hydroxyl groups is 1. The van der Waals surface area contributed by atoms with Crippen LogP contribution in [0.2, 0.25) is 0 Å². The van der Waals surface area contributed by atoms with Crippen molar-refractivity contribution in [2.24, 2.45) is 35.0 Å². The molecule has 19 N–H and O–H groups in total. The van der Waals surface area contributed by atoms with Gasteiger partial charge >= 0.3 is 17.9 Å². The second-order valence-electron chi connectivity index (χ2n) is 19.3. The van der Waals surface area contributed by atoms with Crippen molar-refractivity contribution < 1.29 is 78.0 Å². The van der Waals surface area contributed by atoms with Gasteiger partial charge in [0.25, 0.3) is 0 Å². The first-order valence-corrected chi connectivity index (χ1v) is 25.2. The van der Waals surface area contributed by atoms with E-state index in [0.29, 0.717) is 32.2 Å². The maximum absolute atomic E-state index is 14.0. The number of nitrogens with two attached hydrogens (primary N) is 3. The fourth-order valence-electron chi connectivity index (χ4n) is 7.18. The van der Waals surface area contributed by atoms with E-state index in [1.54, 1.807) is 34.6 Å². The predicted molar refractivity (Wildman–Crippen MR) is 270 cm³/mol. The number of carbonyl (C=O) groups excluding carboxylic acids is 9. The number of aliphatic hydroxyl groups excluding tert-OH is 1. The van der Waals surface area contributed by atoms with Crippen LogP contribution < -0.4 is 65.1 Å². The zero-order valence-electron chi connectivity index (χ0n) is 44.3. The lowest BCUT2D eigenvalue weighted by Crippen LogP contribution is -2.63. The van der Waals surface area contributed by atoms with Gasteiger partial charge in [0.15, 0.2) is 0 Å². The Labute approximate surface area is 437 Å². The Balaban J connectivity index is 6.53. The van der Waals surface area contributed by atoms with Crippen molar-refractivity contribution >= 4 is 71.1 Å². The fourth-order valence-corrected chi connectivity index (χ4v) is 7.18. The monoisotopic (exact) mass is 1070 g/mol. The SMILES string of the molecule is CC[C@H](C)[C@H](NC(=O)[C@@H](NC(=O)[C@H](CC(C)C)NC(=O)[C@@H](NC(=O)[C@H](C)NC(=O)[C@@H](N)CCCCN)C(C)C)[C@@H](C)O)C(=O)N[C@@H](CC(=O)O)C(=O)N[C@@H](CCC(=O)O)C(=O)N[C@@H](CCCCN)C(=O)NCC(=O)O. The van der Waals surface area contributed by atoms with E-state index in [2.05, 4.69) is 47.9 Å². The van der Waals surface area contributed by atoms with Crippen molar-refractivity contribution in [1.29, 1.82) is 0 Å². The zero-order valence-corrected chi connectivity index (χ0v) is 44.3. The molecule has 0 aromatic rings. The number of hydrogen-bond donors (Lipinski definition) is 16. The third-order valence-corrected chi connectivity index (χ3v) is 11.8. The van der Waals surface area contributed by atoms with Gasteiger partial charge < -0.3 is 85.5 Å². The lowest BCUT2D eigenvalue weighted by Gasteiger charge is -2.31. The van der Waals surface area contributed by atoms with Gasteiger partial charge in [-0.2, -0.15) is 0 Å². The van der Waals surface area contributed by atoms with Gasteiger partial charge in [0, 0.05) is 6.42 Å². The molecule has 0 heterocycles. The standard InChI is InChI=1S/C47H84N12O16/c1-9-25(6)37(46(74)56-32(21-34(63)64)43(71)54-30(16-17-33(61)62)42(70)53-29(15-11-13-19-49)41(69)51-22-35(65)66)58-47(75)38(27(8)60)59-44(72)31(20-23(2)3)55-45(73)36(24(4)5)57-39(67)26(7)52-40(68)28(50)14-10-12-18-48/h23-32,36-38,60H,9-22,48-50H2,1-8H3,(H,51,69)(H,52,68)(H,53,70)(H,54,71)(H,55,73)(H,56,74)(H,57,67)(H,58,75)(H,59,72)(H,61,62)(H,63,64)(H,65,66)/t25-,26-,27+,28-,29-,30-,31-,32-,36-,37-,38-/m0/s1. The highest BCUT2D eigenvalue weighted by atomic mass is 16.4. The molecule has 9 amide bonds. The maximum Gasteiger partial charge on any atom is 0.322 e. The number of carbonyl (C=O) groups is 12. The lowest BCUT2D eigenvalue weighted by atomic mass is 9.96. The van der Waals surface area contributed by atoms with Crippen LogP contribution in [0.25, 0.3) is 0 Å². The second-order valence-corrected chi connectivity index (χ2v) is 19.3. The Hall–Kier alpha value is -6.52. The van der Waals surface area contributed by atoms with E-state index in [1.807, 2.05) is 0 Å².